The van der Waals surface area contributed by atoms with E-state index in [4.69, 9.17) is 28.4 Å². The second-order valence-electron chi connectivity index (χ2n) is 20.3. The molecule has 16 nitrogen and oxygen atoms in total. The van der Waals surface area contributed by atoms with E-state index in [2.05, 4.69) is 33.8 Å². The van der Waals surface area contributed by atoms with Crippen molar-refractivity contribution in [2.75, 3.05) is 13.2 Å². The Kier molecular flexibility index (Phi) is 10.7. The van der Waals surface area contributed by atoms with Crippen LogP contribution < -0.4 is 0 Å². The van der Waals surface area contributed by atoms with Gasteiger partial charge in [0.1, 0.15) is 54.4 Å². The Labute approximate surface area is 339 Å². The Balaban J connectivity index is 0.973. The van der Waals surface area contributed by atoms with Crippen LogP contribution in [-0.4, -0.2) is 168 Å². The molecule has 330 valence electrons. The van der Waals surface area contributed by atoms with Crippen LogP contribution in [-0.2, 0) is 28.4 Å². The molecule has 0 spiro atoms. The fourth-order valence-electron chi connectivity index (χ4n) is 14.4. The monoisotopic (exact) mass is 826 g/mol. The predicted octanol–water partition coefficient (Wildman–Crippen LogP) is -0.947. The molecule has 16 heteroatoms. The van der Waals surface area contributed by atoms with Gasteiger partial charge in [-0.25, -0.2) is 0 Å². The predicted molar refractivity (Wildman–Crippen MR) is 199 cm³/mol. The van der Waals surface area contributed by atoms with Gasteiger partial charge in [0.2, 0.25) is 0 Å². The molecule has 0 aromatic carbocycles. The highest BCUT2D eigenvalue weighted by Gasteiger charge is 2.78. The number of hydrogen-bond donors (Lipinski definition) is 10. The average molecular weight is 827 g/mol. The normalized spacial score (nSPS) is 61.3. The van der Waals surface area contributed by atoms with Crippen molar-refractivity contribution in [2.45, 2.75) is 183 Å². The quantitative estimate of drug-likeness (QED) is 0.139. The van der Waals surface area contributed by atoms with E-state index in [1.54, 1.807) is 0 Å². The van der Waals surface area contributed by atoms with Crippen molar-refractivity contribution >= 4 is 0 Å². The summed E-state index contributed by atoms with van der Waals surface area (Å²) in [6.07, 6.45) is -11.3. The van der Waals surface area contributed by atoms with Gasteiger partial charge in [-0.1, -0.05) is 39.3 Å². The van der Waals surface area contributed by atoms with Crippen LogP contribution >= 0.6 is 0 Å². The van der Waals surface area contributed by atoms with Crippen LogP contribution in [0.15, 0.2) is 11.6 Å². The molecule has 58 heavy (non-hydrogen) atoms. The van der Waals surface area contributed by atoms with Gasteiger partial charge in [0.25, 0.3) is 0 Å². The maximum atomic E-state index is 12.1. The highest BCUT2D eigenvalue weighted by Crippen LogP contribution is 2.74. The molecule has 0 aromatic rings. The molecule has 4 saturated heterocycles. The SMILES string of the molecule is CC1OC(OC2C(OC3CCC4(C)C(=CCC5C4CCC4(C)C6C(CC54C)OC(O)C6C)C3)OC3(CO)C(C2O)C3C2OC(CO)C(O)C(O)C2O)C(O)C(O)C1O. The Morgan fingerprint density at radius 2 is 1.43 bits per heavy atom. The van der Waals surface area contributed by atoms with Crippen molar-refractivity contribution in [2.24, 2.45) is 51.8 Å². The minimum Gasteiger partial charge on any atom is -0.394 e. The van der Waals surface area contributed by atoms with E-state index in [-0.39, 0.29) is 28.3 Å². The van der Waals surface area contributed by atoms with E-state index < -0.39 is 123 Å². The summed E-state index contributed by atoms with van der Waals surface area (Å²) in [6, 6.07) is 0. The summed E-state index contributed by atoms with van der Waals surface area (Å²) >= 11 is 0. The summed E-state index contributed by atoms with van der Waals surface area (Å²) in [5, 5.41) is 108. The number of aliphatic hydroxyl groups excluding tert-OH is 10. The van der Waals surface area contributed by atoms with E-state index in [9.17, 15) is 51.1 Å². The maximum Gasteiger partial charge on any atom is 0.187 e. The lowest BCUT2D eigenvalue weighted by Crippen LogP contribution is -2.61. The first-order valence-corrected chi connectivity index (χ1v) is 21.7. The number of hydrogen-bond acceptors (Lipinski definition) is 16. The maximum absolute atomic E-state index is 12.1. The third kappa shape index (κ3) is 5.85. The van der Waals surface area contributed by atoms with E-state index in [1.807, 2.05) is 0 Å². The summed E-state index contributed by atoms with van der Waals surface area (Å²) in [5.41, 5.74) is -0.187. The lowest BCUT2D eigenvalue weighted by Gasteiger charge is -2.62. The molecule has 9 aliphatic rings. The van der Waals surface area contributed by atoms with Crippen molar-refractivity contribution in [3.8, 4) is 0 Å². The molecule has 0 bridgehead atoms. The van der Waals surface area contributed by atoms with Gasteiger partial charge in [-0.3, -0.25) is 0 Å². The van der Waals surface area contributed by atoms with Gasteiger partial charge in [-0.15, -0.1) is 0 Å². The highest BCUT2D eigenvalue weighted by atomic mass is 16.8. The fraction of sp³-hybridized carbons (Fsp3) is 0.952. The summed E-state index contributed by atoms with van der Waals surface area (Å²) in [6.45, 7) is 9.62. The lowest BCUT2D eigenvalue weighted by atomic mass is 9.42. The van der Waals surface area contributed by atoms with Crippen molar-refractivity contribution in [3.63, 3.8) is 0 Å². The molecule has 0 amide bonds. The van der Waals surface area contributed by atoms with Gasteiger partial charge < -0.3 is 79.5 Å². The minimum atomic E-state index is -1.70. The van der Waals surface area contributed by atoms with Crippen LogP contribution in [0.2, 0.25) is 0 Å². The molecule has 0 radical (unpaired) electrons. The van der Waals surface area contributed by atoms with Crippen LogP contribution in [0.4, 0.5) is 0 Å². The number of rotatable bonds is 7. The Morgan fingerprint density at radius 3 is 2.14 bits per heavy atom. The molecule has 0 aromatic heterocycles. The first kappa shape index (κ1) is 42.4. The third-order valence-corrected chi connectivity index (χ3v) is 17.9. The van der Waals surface area contributed by atoms with Gasteiger partial charge in [-0.05, 0) is 85.9 Å². The topological polar surface area (TPSA) is 258 Å². The number of fused-ring (bicyclic) bond motifs is 8. The van der Waals surface area contributed by atoms with E-state index in [1.165, 1.54) is 12.5 Å². The fourth-order valence-corrected chi connectivity index (χ4v) is 14.4. The first-order chi connectivity index (χ1) is 27.4. The summed E-state index contributed by atoms with van der Waals surface area (Å²) in [7, 11) is 0. The molecule has 26 atom stereocenters. The smallest absolute Gasteiger partial charge is 0.187 e. The van der Waals surface area contributed by atoms with Gasteiger partial charge >= 0.3 is 0 Å². The Morgan fingerprint density at radius 1 is 0.707 bits per heavy atom. The number of aliphatic hydroxyl groups is 10. The zero-order valence-electron chi connectivity index (χ0n) is 34.1. The van der Waals surface area contributed by atoms with Crippen molar-refractivity contribution < 1.29 is 79.5 Å². The standard InChI is InChI=1S/C42H66O16/c1-16-24-22(56-36(16)52)13-41(5)21-7-6-18-12-19(8-10-39(18,3)20(21)9-11-40(24,41)4)54-38-35(57-37-33(51)30(48)27(45)17(2)53-37)29(47)25-26(42(25,15-44)58-38)34-32(50)31(49)28(46)23(14-43)55-34/h6,16-17,19-38,43-52H,7-15H2,1-5H3. The number of ether oxygens (including phenoxy) is 6. The van der Waals surface area contributed by atoms with Crippen LogP contribution in [0.25, 0.3) is 0 Å². The van der Waals surface area contributed by atoms with Crippen LogP contribution in [0, 0.1) is 51.8 Å². The van der Waals surface area contributed by atoms with E-state index >= 15 is 0 Å². The van der Waals surface area contributed by atoms with E-state index in [0.717, 1.165) is 32.1 Å². The molecule has 4 heterocycles. The average Bonchev–Trinajstić information content (AvgIpc) is 3.68. The van der Waals surface area contributed by atoms with Gasteiger partial charge in [0.15, 0.2) is 18.9 Å². The molecule has 10 N–H and O–H groups in total. The highest BCUT2D eigenvalue weighted by molar-refractivity contribution is 5.29. The second-order valence-corrected chi connectivity index (χ2v) is 20.3. The zero-order chi connectivity index (χ0) is 41.6. The molecule has 5 aliphatic carbocycles. The number of allylic oxidation sites excluding steroid dienone is 1. The van der Waals surface area contributed by atoms with Crippen LogP contribution in [0.5, 0.6) is 0 Å². The van der Waals surface area contributed by atoms with Gasteiger partial charge in [0, 0.05) is 17.8 Å². The molecule has 4 aliphatic heterocycles. The Hall–Kier alpha value is -0.900. The van der Waals surface area contributed by atoms with Crippen LogP contribution in [0.1, 0.15) is 79.6 Å². The molecule has 26 unspecified atom stereocenters. The van der Waals surface area contributed by atoms with Crippen molar-refractivity contribution in [1.82, 2.24) is 0 Å². The summed E-state index contributed by atoms with van der Waals surface area (Å²) in [4.78, 5) is 0. The minimum absolute atomic E-state index is 0.0540. The van der Waals surface area contributed by atoms with Crippen molar-refractivity contribution in [1.29, 1.82) is 0 Å². The van der Waals surface area contributed by atoms with Gasteiger partial charge in [-0.2, -0.15) is 0 Å². The molecular weight excluding hydrogens is 760 g/mol. The van der Waals surface area contributed by atoms with Crippen LogP contribution in [0.3, 0.4) is 0 Å². The van der Waals surface area contributed by atoms with E-state index in [0.29, 0.717) is 30.6 Å². The largest absolute Gasteiger partial charge is 0.394 e. The third-order valence-electron chi connectivity index (χ3n) is 17.9. The Bertz CT molecular complexity index is 1580. The molecule has 4 saturated carbocycles. The zero-order valence-corrected chi connectivity index (χ0v) is 34.1. The summed E-state index contributed by atoms with van der Waals surface area (Å²) in [5.74, 6) is -0.570. The first-order valence-electron chi connectivity index (χ1n) is 21.7. The lowest BCUT2D eigenvalue weighted by molar-refractivity contribution is -0.359. The molecule has 8 fully saturated rings. The molecule has 9 rings (SSSR count). The van der Waals surface area contributed by atoms with Gasteiger partial charge in [0.05, 0.1) is 43.7 Å². The van der Waals surface area contributed by atoms with Crippen molar-refractivity contribution in [3.05, 3.63) is 11.6 Å². The summed E-state index contributed by atoms with van der Waals surface area (Å²) < 4.78 is 37.4. The second kappa shape index (κ2) is 14.6. The molecular formula is C42H66O16.